The largest absolute Gasteiger partial charge is 0.385 e. The van der Waals surface area contributed by atoms with Gasteiger partial charge < -0.3 is 9.88 Å². The number of nitrogens with one attached hydrogen (secondary N) is 1. The van der Waals surface area contributed by atoms with E-state index in [-0.39, 0.29) is 0 Å². The van der Waals surface area contributed by atoms with Crippen LogP contribution in [0.1, 0.15) is 32.6 Å². The number of hydrogen-bond acceptors (Lipinski definition) is 3. The molecular weight excluding hydrogens is 260 g/mol. The van der Waals surface area contributed by atoms with Crippen LogP contribution >= 0.6 is 0 Å². The molecule has 1 aromatic carbocycles. The van der Waals surface area contributed by atoms with Crippen molar-refractivity contribution in [2.75, 3.05) is 11.9 Å². The van der Waals surface area contributed by atoms with Crippen molar-refractivity contribution in [3.63, 3.8) is 0 Å². The molecule has 0 unspecified atom stereocenters. The minimum absolute atomic E-state index is 0.833. The Morgan fingerprint density at radius 1 is 1.14 bits per heavy atom. The Hall–Kier alpha value is -1.84. The average molecular weight is 284 g/mol. The Kier molecular flexibility index (Phi) is 4.23. The summed E-state index contributed by atoms with van der Waals surface area (Å²) < 4.78 is 1.94. The minimum atomic E-state index is 0.833. The molecule has 1 N–H and O–H groups in total. The van der Waals surface area contributed by atoms with Crippen molar-refractivity contribution in [3.8, 4) is 11.4 Å². The Labute approximate surface area is 126 Å². The van der Waals surface area contributed by atoms with Crippen LogP contribution in [0.2, 0.25) is 0 Å². The van der Waals surface area contributed by atoms with E-state index in [1.54, 1.807) is 6.33 Å². The van der Waals surface area contributed by atoms with E-state index in [0.29, 0.717) is 0 Å². The number of aryl methyl sites for hydroxylation is 1. The highest BCUT2D eigenvalue weighted by Crippen LogP contribution is 2.28. The molecule has 0 saturated heterocycles. The highest BCUT2D eigenvalue weighted by molar-refractivity contribution is 5.59. The van der Waals surface area contributed by atoms with Gasteiger partial charge >= 0.3 is 0 Å². The second-order valence-corrected chi connectivity index (χ2v) is 6.35. The first-order valence-corrected chi connectivity index (χ1v) is 7.90. The standard InChI is InChI=1S/C17H24N4/c1-13-3-5-14(6-4-13)11-18-16-9-7-15(8-10-16)17-20-19-12-21(17)2/h7-10,12-14,18H,3-6,11H2,1-2H3. The summed E-state index contributed by atoms with van der Waals surface area (Å²) in [6, 6.07) is 8.48. The van der Waals surface area contributed by atoms with Crippen molar-refractivity contribution in [2.24, 2.45) is 18.9 Å². The summed E-state index contributed by atoms with van der Waals surface area (Å²) in [6.07, 6.45) is 7.23. The first kappa shape index (κ1) is 14.1. The molecule has 4 nitrogen and oxygen atoms in total. The summed E-state index contributed by atoms with van der Waals surface area (Å²) in [5, 5.41) is 11.6. The summed E-state index contributed by atoms with van der Waals surface area (Å²) in [4.78, 5) is 0. The van der Waals surface area contributed by atoms with Gasteiger partial charge in [0.2, 0.25) is 0 Å². The molecule has 0 aliphatic heterocycles. The summed E-state index contributed by atoms with van der Waals surface area (Å²) >= 11 is 0. The molecule has 4 heteroatoms. The van der Waals surface area contributed by atoms with Crippen molar-refractivity contribution in [1.29, 1.82) is 0 Å². The predicted octanol–water partition coefficient (Wildman–Crippen LogP) is 3.72. The SMILES string of the molecule is CC1CCC(CNc2ccc(-c3nncn3C)cc2)CC1. The van der Waals surface area contributed by atoms with E-state index in [9.17, 15) is 0 Å². The molecule has 1 fully saturated rings. The van der Waals surface area contributed by atoms with Crippen LogP contribution in [-0.2, 0) is 7.05 Å². The molecule has 3 rings (SSSR count). The zero-order valence-corrected chi connectivity index (χ0v) is 12.9. The van der Waals surface area contributed by atoms with Crippen LogP contribution in [0.5, 0.6) is 0 Å². The maximum atomic E-state index is 4.13. The van der Waals surface area contributed by atoms with Crippen molar-refractivity contribution >= 4 is 5.69 Å². The summed E-state index contributed by atoms with van der Waals surface area (Å²) in [7, 11) is 1.96. The fraction of sp³-hybridized carbons (Fsp3) is 0.529. The highest BCUT2D eigenvalue weighted by Gasteiger charge is 2.17. The Morgan fingerprint density at radius 2 is 1.86 bits per heavy atom. The van der Waals surface area contributed by atoms with Gasteiger partial charge in [-0.3, -0.25) is 0 Å². The molecule has 0 radical (unpaired) electrons. The van der Waals surface area contributed by atoms with Gasteiger partial charge in [0.05, 0.1) is 0 Å². The Balaban J connectivity index is 1.56. The summed E-state index contributed by atoms with van der Waals surface area (Å²) in [6.45, 7) is 3.46. The number of nitrogens with zero attached hydrogens (tertiary/aromatic N) is 3. The number of aromatic nitrogens is 3. The molecule has 1 aliphatic rings. The van der Waals surface area contributed by atoms with E-state index in [1.807, 2.05) is 11.6 Å². The lowest BCUT2D eigenvalue weighted by molar-refractivity contribution is 0.300. The van der Waals surface area contributed by atoms with Gasteiger partial charge in [-0.25, -0.2) is 0 Å². The van der Waals surface area contributed by atoms with E-state index in [2.05, 4.69) is 46.7 Å². The monoisotopic (exact) mass is 284 g/mol. The fourth-order valence-electron chi connectivity index (χ4n) is 3.08. The van der Waals surface area contributed by atoms with E-state index in [4.69, 9.17) is 0 Å². The first-order chi connectivity index (χ1) is 10.2. The van der Waals surface area contributed by atoms with E-state index in [1.165, 1.54) is 31.4 Å². The highest BCUT2D eigenvalue weighted by atomic mass is 15.2. The van der Waals surface area contributed by atoms with Gasteiger partial charge in [0.25, 0.3) is 0 Å². The maximum Gasteiger partial charge on any atom is 0.163 e. The zero-order valence-electron chi connectivity index (χ0n) is 12.9. The first-order valence-electron chi connectivity index (χ1n) is 7.90. The van der Waals surface area contributed by atoms with Crippen molar-refractivity contribution in [3.05, 3.63) is 30.6 Å². The van der Waals surface area contributed by atoms with E-state index in [0.717, 1.165) is 29.8 Å². The predicted molar refractivity (Wildman–Crippen MR) is 86.1 cm³/mol. The van der Waals surface area contributed by atoms with E-state index < -0.39 is 0 Å². The van der Waals surface area contributed by atoms with Crippen LogP contribution < -0.4 is 5.32 Å². The molecule has 0 spiro atoms. The summed E-state index contributed by atoms with van der Waals surface area (Å²) in [5.41, 5.74) is 2.30. The normalized spacial score (nSPS) is 22.2. The van der Waals surface area contributed by atoms with Crippen molar-refractivity contribution < 1.29 is 0 Å². The summed E-state index contributed by atoms with van der Waals surface area (Å²) in [5.74, 6) is 2.66. The minimum Gasteiger partial charge on any atom is -0.385 e. The third-order valence-corrected chi connectivity index (χ3v) is 4.58. The lowest BCUT2D eigenvalue weighted by Gasteiger charge is -2.26. The molecule has 2 aromatic rings. The van der Waals surface area contributed by atoms with Gasteiger partial charge in [0.15, 0.2) is 5.82 Å². The molecule has 112 valence electrons. The lowest BCUT2D eigenvalue weighted by atomic mass is 9.83. The van der Waals surface area contributed by atoms with Gasteiger partial charge in [0, 0.05) is 24.8 Å². The zero-order chi connectivity index (χ0) is 14.7. The molecular formula is C17H24N4. The number of hydrogen-bond donors (Lipinski definition) is 1. The van der Waals surface area contributed by atoms with Crippen LogP contribution in [0.15, 0.2) is 30.6 Å². The maximum absolute atomic E-state index is 4.13. The van der Waals surface area contributed by atoms with Gasteiger partial charge in [-0.15, -0.1) is 10.2 Å². The van der Waals surface area contributed by atoms with Crippen LogP contribution in [0, 0.1) is 11.8 Å². The second kappa shape index (κ2) is 6.29. The Bertz CT molecular complexity index is 565. The lowest BCUT2D eigenvalue weighted by Crippen LogP contribution is -2.20. The van der Waals surface area contributed by atoms with Crippen LogP contribution in [0.25, 0.3) is 11.4 Å². The average Bonchev–Trinajstić information content (AvgIpc) is 2.93. The second-order valence-electron chi connectivity index (χ2n) is 6.35. The van der Waals surface area contributed by atoms with Gasteiger partial charge in [-0.2, -0.15) is 0 Å². The fourth-order valence-corrected chi connectivity index (χ4v) is 3.08. The number of benzene rings is 1. The topological polar surface area (TPSA) is 42.7 Å². The molecule has 0 atom stereocenters. The quantitative estimate of drug-likeness (QED) is 0.930. The third-order valence-electron chi connectivity index (χ3n) is 4.58. The van der Waals surface area contributed by atoms with Crippen LogP contribution in [0.4, 0.5) is 5.69 Å². The molecule has 1 saturated carbocycles. The molecule has 1 aromatic heterocycles. The molecule has 0 bridgehead atoms. The molecule has 21 heavy (non-hydrogen) atoms. The number of rotatable bonds is 4. The van der Waals surface area contributed by atoms with Gasteiger partial charge in [0.1, 0.15) is 6.33 Å². The van der Waals surface area contributed by atoms with Gasteiger partial charge in [-0.05, 0) is 48.9 Å². The van der Waals surface area contributed by atoms with Crippen LogP contribution in [0.3, 0.4) is 0 Å². The Morgan fingerprint density at radius 3 is 2.48 bits per heavy atom. The molecule has 1 heterocycles. The smallest absolute Gasteiger partial charge is 0.163 e. The van der Waals surface area contributed by atoms with Crippen LogP contribution in [-0.4, -0.2) is 21.3 Å². The number of anilines is 1. The van der Waals surface area contributed by atoms with E-state index >= 15 is 0 Å². The van der Waals surface area contributed by atoms with Crippen molar-refractivity contribution in [1.82, 2.24) is 14.8 Å². The third kappa shape index (κ3) is 3.43. The van der Waals surface area contributed by atoms with Crippen molar-refractivity contribution in [2.45, 2.75) is 32.6 Å². The van der Waals surface area contributed by atoms with Gasteiger partial charge in [-0.1, -0.05) is 19.8 Å². The molecule has 0 amide bonds. The molecule has 1 aliphatic carbocycles.